The molecule has 6 heteroatoms. The summed E-state index contributed by atoms with van der Waals surface area (Å²) < 4.78 is 4.87. The number of hydrogen-bond acceptors (Lipinski definition) is 5. The van der Waals surface area contributed by atoms with Gasteiger partial charge in [-0.1, -0.05) is 0 Å². The van der Waals surface area contributed by atoms with Crippen LogP contribution in [0.1, 0.15) is 10.4 Å². The summed E-state index contributed by atoms with van der Waals surface area (Å²) in [6.45, 7) is 2.74. The highest BCUT2D eigenvalue weighted by Crippen LogP contribution is 1.92. The highest BCUT2D eigenvalue weighted by atomic mass is 16.5. The van der Waals surface area contributed by atoms with Gasteiger partial charge in [0.05, 0.1) is 24.6 Å². The van der Waals surface area contributed by atoms with Crippen molar-refractivity contribution >= 4 is 5.91 Å². The molecule has 0 aromatic carbocycles. The molecule has 0 aliphatic rings. The smallest absolute Gasteiger partial charge is 0.253 e. The average molecular weight is 224 g/mol. The van der Waals surface area contributed by atoms with E-state index in [1.165, 1.54) is 12.4 Å². The molecule has 6 nitrogen and oxygen atoms in total. The summed E-state index contributed by atoms with van der Waals surface area (Å²) in [5, 5.41) is 13.1. The van der Waals surface area contributed by atoms with Crippen LogP contribution in [0, 0.1) is 0 Å². The summed E-state index contributed by atoms with van der Waals surface area (Å²) in [4.78, 5) is 11.5. The summed E-state index contributed by atoms with van der Waals surface area (Å²) in [6, 6.07) is 1.63. The first-order valence-corrected chi connectivity index (χ1v) is 5.09. The van der Waals surface area contributed by atoms with E-state index in [9.17, 15) is 4.79 Å². The van der Waals surface area contributed by atoms with E-state index in [-0.39, 0.29) is 5.91 Å². The molecule has 0 saturated carbocycles. The third kappa shape index (κ3) is 4.81. The Morgan fingerprint density at radius 1 is 1.38 bits per heavy atom. The Labute approximate surface area is 94.4 Å². The molecule has 0 bridgehead atoms. The van der Waals surface area contributed by atoms with Gasteiger partial charge in [-0.25, -0.2) is 0 Å². The number of rotatable bonds is 7. The zero-order valence-corrected chi connectivity index (χ0v) is 9.27. The Morgan fingerprint density at radius 2 is 2.25 bits per heavy atom. The van der Waals surface area contributed by atoms with E-state index in [4.69, 9.17) is 4.74 Å². The van der Waals surface area contributed by atoms with E-state index in [2.05, 4.69) is 20.8 Å². The molecular formula is C10H16N4O2. The molecule has 0 atom stereocenters. The van der Waals surface area contributed by atoms with Gasteiger partial charge in [0.1, 0.15) is 0 Å². The molecule has 88 valence electrons. The van der Waals surface area contributed by atoms with Crippen molar-refractivity contribution in [2.24, 2.45) is 0 Å². The van der Waals surface area contributed by atoms with Crippen LogP contribution < -0.4 is 10.6 Å². The Balaban J connectivity index is 2.12. The van der Waals surface area contributed by atoms with Crippen molar-refractivity contribution in [1.82, 2.24) is 20.8 Å². The molecule has 0 saturated heterocycles. The van der Waals surface area contributed by atoms with Gasteiger partial charge in [0.15, 0.2) is 0 Å². The minimum atomic E-state index is -0.136. The minimum absolute atomic E-state index is 0.136. The van der Waals surface area contributed by atoms with Gasteiger partial charge in [-0.2, -0.15) is 10.2 Å². The van der Waals surface area contributed by atoms with Crippen molar-refractivity contribution in [3.63, 3.8) is 0 Å². The minimum Gasteiger partial charge on any atom is -0.383 e. The van der Waals surface area contributed by atoms with Crippen LogP contribution in [0.15, 0.2) is 18.5 Å². The molecule has 2 N–H and O–H groups in total. The molecular weight excluding hydrogens is 208 g/mol. The molecule has 1 rings (SSSR count). The Bertz CT molecular complexity index is 305. The maximum atomic E-state index is 11.5. The largest absolute Gasteiger partial charge is 0.383 e. The normalized spacial score (nSPS) is 10.1. The second-order valence-electron chi connectivity index (χ2n) is 3.13. The first-order valence-electron chi connectivity index (χ1n) is 5.09. The van der Waals surface area contributed by atoms with Gasteiger partial charge in [0.2, 0.25) is 0 Å². The number of ether oxygens (including phenoxy) is 1. The Kier molecular flexibility index (Phi) is 6.05. The number of aromatic nitrogens is 2. The number of nitrogens with zero attached hydrogens (tertiary/aromatic N) is 2. The quantitative estimate of drug-likeness (QED) is 0.607. The second kappa shape index (κ2) is 7.72. The Hall–Kier alpha value is -1.53. The predicted molar refractivity (Wildman–Crippen MR) is 59.1 cm³/mol. The summed E-state index contributed by atoms with van der Waals surface area (Å²) >= 11 is 0. The third-order valence-electron chi connectivity index (χ3n) is 1.92. The van der Waals surface area contributed by atoms with Gasteiger partial charge in [0.25, 0.3) is 5.91 Å². The second-order valence-corrected chi connectivity index (χ2v) is 3.13. The number of methoxy groups -OCH3 is 1. The van der Waals surface area contributed by atoms with Crippen molar-refractivity contribution in [2.75, 3.05) is 33.4 Å². The van der Waals surface area contributed by atoms with E-state index in [1.54, 1.807) is 13.2 Å². The van der Waals surface area contributed by atoms with Gasteiger partial charge >= 0.3 is 0 Å². The van der Waals surface area contributed by atoms with Crippen LogP contribution in [0.2, 0.25) is 0 Å². The van der Waals surface area contributed by atoms with E-state index in [0.717, 1.165) is 6.54 Å². The van der Waals surface area contributed by atoms with Crippen LogP contribution in [0.25, 0.3) is 0 Å². The van der Waals surface area contributed by atoms with Gasteiger partial charge < -0.3 is 15.4 Å². The lowest BCUT2D eigenvalue weighted by Crippen LogP contribution is -2.33. The fraction of sp³-hybridized carbons (Fsp3) is 0.500. The maximum Gasteiger partial charge on any atom is 0.253 e. The highest BCUT2D eigenvalue weighted by molar-refractivity contribution is 5.93. The topological polar surface area (TPSA) is 76.1 Å². The lowest BCUT2D eigenvalue weighted by atomic mass is 10.3. The molecule has 0 radical (unpaired) electrons. The van der Waals surface area contributed by atoms with E-state index < -0.39 is 0 Å². The summed E-state index contributed by atoms with van der Waals surface area (Å²) in [6.07, 6.45) is 2.93. The fourth-order valence-corrected chi connectivity index (χ4v) is 1.09. The van der Waals surface area contributed by atoms with Crippen LogP contribution >= 0.6 is 0 Å². The van der Waals surface area contributed by atoms with Crippen molar-refractivity contribution in [2.45, 2.75) is 0 Å². The first-order chi connectivity index (χ1) is 7.84. The molecule has 0 fully saturated rings. The standard InChI is InChI=1S/C10H16N4O2/c1-16-7-6-11-4-5-12-10(15)9-2-3-13-14-8-9/h2-3,8,11H,4-7H2,1H3,(H,12,15). The molecule has 0 aliphatic carbocycles. The zero-order chi connectivity index (χ0) is 11.6. The maximum absolute atomic E-state index is 11.5. The van der Waals surface area contributed by atoms with Gasteiger partial charge in [-0.15, -0.1) is 0 Å². The first kappa shape index (κ1) is 12.5. The van der Waals surface area contributed by atoms with E-state index >= 15 is 0 Å². The average Bonchev–Trinajstić information content (AvgIpc) is 2.34. The van der Waals surface area contributed by atoms with Crippen molar-refractivity contribution in [3.05, 3.63) is 24.0 Å². The molecule has 1 aromatic rings. The molecule has 1 aromatic heterocycles. The number of hydrogen-bond donors (Lipinski definition) is 2. The number of carbonyl (C=O) groups is 1. The molecule has 0 aliphatic heterocycles. The van der Waals surface area contributed by atoms with Gasteiger partial charge in [0, 0.05) is 26.7 Å². The number of nitrogens with one attached hydrogen (secondary N) is 2. The molecule has 1 heterocycles. The van der Waals surface area contributed by atoms with E-state index in [0.29, 0.717) is 25.3 Å². The van der Waals surface area contributed by atoms with Crippen LogP contribution in [-0.2, 0) is 4.74 Å². The fourth-order valence-electron chi connectivity index (χ4n) is 1.09. The Morgan fingerprint density at radius 3 is 2.94 bits per heavy atom. The lowest BCUT2D eigenvalue weighted by molar-refractivity contribution is 0.0953. The van der Waals surface area contributed by atoms with E-state index in [1.807, 2.05) is 0 Å². The third-order valence-corrected chi connectivity index (χ3v) is 1.92. The molecule has 16 heavy (non-hydrogen) atoms. The summed E-state index contributed by atoms with van der Waals surface area (Å²) in [7, 11) is 1.65. The van der Waals surface area contributed by atoms with Crippen molar-refractivity contribution in [3.8, 4) is 0 Å². The summed E-state index contributed by atoms with van der Waals surface area (Å²) in [5.41, 5.74) is 0.520. The monoisotopic (exact) mass is 224 g/mol. The van der Waals surface area contributed by atoms with Crippen LogP contribution in [0.3, 0.4) is 0 Å². The number of amides is 1. The van der Waals surface area contributed by atoms with Crippen LogP contribution in [0.5, 0.6) is 0 Å². The summed E-state index contributed by atoms with van der Waals surface area (Å²) in [5.74, 6) is -0.136. The zero-order valence-electron chi connectivity index (χ0n) is 9.27. The number of carbonyl (C=O) groups excluding carboxylic acids is 1. The van der Waals surface area contributed by atoms with Crippen molar-refractivity contribution < 1.29 is 9.53 Å². The SMILES string of the molecule is COCCNCCNC(=O)c1ccnnc1. The molecule has 0 unspecified atom stereocenters. The predicted octanol–water partition coefficient (Wildman–Crippen LogP) is -0.558. The van der Waals surface area contributed by atoms with Gasteiger partial charge in [-0.3, -0.25) is 4.79 Å². The van der Waals surface area contributed by atoms with Crippen molar-refractivity contribution in [1.29, 1.82) is 0 Å². The highest BCUT2D eigenvalue weighted by Gasteiger charge is 2.03. The molecule has 0 spiro atoms. The molecule has 1 amide bonds. The van der Waals surface area contributed by atoms with Crippen LogP contribution in [0.4, 0.5) is 0 Å². The lowest BCUT2D eigenvalue weighted by Gasteiger charge is -2.05. The van der Waals surface area contributed by atoms with Gasteiger partial charge in [-0.05, 0) is 6.07 Å². The van der Waals surface area contributed by atoms with Crippen LogP contribution in [-0.4, -0.2) is 49.5 Å².